The summed E-state index contributed by atoms with van der Waals surface area (Å²) in [5.74, 6) is 1.31. The first kappa shape index (κ1) is 17.5. The van der Waals surface area contributed by atoms with Gasteiger partial charge < -0.3 is 14.4 Å². The SMILES string of the molecule is COc1ccc(C2=NN(C(=O)CN3C=Cc4sncc4C3)CC2)cc1OC. The number of rotatable bonds is 5. The van der Waals surface area contributed by atoms with Crippen LogP contribution in [0.4, 0.5) is 0 Å². The molecule has 0 unspecified atom stereocenters. The van der Waals surface area contributed by atoms with Gasteiger partial charge in [-0.15, -0.1) is 0 Å². The Balaban J connectivity index is 1.44. The van der Waals surface area contributed by atoms with E-state index in [1.165, 1.54) is 11.5 Å². The first-order valence-electron chi connectivity index (χ1n) is 8.64. The predicted octanol–water partition coefficient (Wildman–Crippen LogP) is 2.58. The summed E-state index contributed by atoms with van der Waals surface area (Å²) in [6.45, 7) is 1.59. The van der Waals surface area contributed by atoms with Crippen LogP contribution in [0.25, 0.3) is 6.08 Å². The minimum absolute atomic E-state index is 0.0123. The standard InChI is InChI=1S/C19H20N4O3S/c1-25-16-4-3-13(9-17(16)26-2)15-5-8-23(21-15)19(24)12-22-7-6-18-14(11-22)10-20-27-18/h3-4,6-7,9-10H,5,8,11-12H2,1-2H3. The first-order chi connectivity index (χ1) is 13.2. The van der Waals surface area contributed by atoms with Gasteiger partial charge in [0.1, 0.15) is 0 Å². The van der Waals surface area contributed by atoms with Crippen molar-refractivity contribution < 1.29 is 14.3 Å². The minimum atomic E-state index is -0.0123. The molecule has 0 bridgehead atoms. The van der Waals surface area contributed by atoms with Crippen molar-refractivity contribution in [1.29, 1.82) is 0 Å². The topological polar surface area (TPSA) is 67.3 Å². The second-order valence-electron chi connectivity index (χ2n) is 6.32. The quantitative estimate of drug-likeness (QED) is 0.793. The smallest absolute Gasteiger partial charge is 0.262 e. The Morgan fingerprint density at radius 1 is 1.26 bits per heavy atom. The van der Waals surface area contributed by atoms with Crippen LogP contribution >= 0.6 is 11.5 Å². The van der Waals surface area contributed by atoms with Crippen molar-refractivity contribution in [2.24, 2.45) is 5.10 Å². The lowest BCUT2D eigenvalue weighted by Crippen LogP contribution is -2.34. The molecule has 2 aliphatic heterocycles. The van der Waals surface area contributed by atoms with Crippen molar-refractivity contribution in [3.63, 3.8) is 0 Å². The Labute approximate surface area is 161 Å². The van der Waals surface area contributed by atoms with E-state index in [2.05, 4.69) is 9.47 Å². The van der Waals surface area contributed by atoms with Gasteiger partial charge in [0, 0.05) is 36.5 Å². The summed E-state index contributed by atoms with van der Waals surface area (Å²) in [5, 5.41) is 6.09. The number of aromatic nitrogens is 1. The van der Waals surface area contributed by atoms with Crippen molar-refractivity contribution >= 4 is 29.2 Å². The van der Waals surface area contributed by atoms with Crippen molar-refractivity contribution in [3.05, 3.63) is 46.6 Å². The zero-order valence-electron chi connectivity index (χ0n) is 15.2. The molecule has 0 fully saturated rings. The summed E-state index contributed by atoms with van der Waals surface area (Å²) >= 11 is 1.48. The van der Waals surface area contributed by atoms with Crippen molar-refractivity contribution in [1.82, 2.24) is 14.3 Å². The third-order valence-corrected chi connectivity index (χ3v) is 5.44. The van der Waals surface area contributed by atoms with Crippen molar-refractivity contribution in [3.8, 4) is 11.5 Å². The third-order valence-electron chi connectivity index (χ3n) is 4.63. The summed E-state index contributed by atoms with van der Waals surface area (Å²) in [6, 6.07) is 5.68. The van der Waals surface area contributed by atoms with Gasteiger partial charge in [0.2, 0.25) is 0 Å². The average molecular weight is 384 g/mol. The molecule has 0 atom stereocenters. The fourth-order valence-corrected chi connectivity index (χ4v) is 3.84. The molecule has 0 radical (unpaired) electrons. The van der Waals surface area contributed by atoms with E-state index in [0.29, 0.717) is 31.1 Å². The molecule has 1 aromatic heterocycles. The van der Waals surface area contributed by atoms with Crippen LogP contribution in [0.1, 0.15) is 22.4 Å². The molecule has 140 valence electrons. The van der Waals surface area contributed by atoms with Crippen LogP contribution < -0.4 is 9.47 Å². The largest absolute Gasteiger partial charge is 0.493 e. The van der Waals surface area contributed by atoms with E-state index in [-0.39, 0.29) is 5.91 Å². The monoisotopic (exact) mass is 384 g/mol. The van der Waals surface area contributed by atoms with Gasteiger partial charge in [0.15, 0.2) is 11.5 Å². The van der Waals surface area contributed by atoms with Gasteiger partial charge in [-0.3, -0.25) is 4.79 Å². The van der Waals surface area contributed by atoms with E-state index in [9.17, 15) is 4.79 Å². The number of ether oxygens (including phenoxy) is 2. The Kier molecular flexibility index (Phi) is 4.81. The van der Waals surface area contributed by atoms with Gasteiger partial charge in [-0.2, -0.15) is 5.10 Å². The summed E-state index contributed by atoms with van der Waals surface area (Å²) in [6.07, 6.45) is 6.54. The predicted molar refractivity (Wildman–Crippen MR) is 104 cm³/mol. The summed E-state index contributed by atoms with van der Waals surface area (Å²) in [5.41, 5.74) is 2.98. The van der Waals surface area contributed by atoms with Crippen molar-refractivity contribution in [2.75, 3.05) is 27.3 Å². The second kappa shape index (κ2) is 7.40. The molecule has 3 heterocycles. The molecule has 7 nitrogen and oxygen atoms in total. The number of fused-ring (bicyclic) bond motifs is 1. The number of methoxy groups -OCH3 is 2. The van der Waals surface area contributed by atoms with E-state index >= 15 is 0 Å². The molecule has 2 aliphatic rings. The molecule has 0 saturated carbocycles. The fraction of sp³-hybridized carbons (Fsp3) is 0.316. The van der Waals surface area contributed by atoms with Crippen LogP contribution in [0.5, 0.6) is 11.5 Å². The van der Waals surface area contributed by atoms with Crippen molar-refractivity contribution in [2.45, 2.75) is 13.0 Å². The lowest BCUT2D eigenvalue weighted by atomic mass is 10.1. The molecular formula is C19H20N4O3S. The van der Waals surface area contributed by atoms with Crippen LogP contribution in [0.15, 0.2) is 35.7 Å². The zero-order valence-corrected chi connectivity index (χ0v) is 16.0. The van der Waals surface area contributed by atoms with E-state index in [4.69, 9.17) is 9.47 Å². The Hall–Kier alpha value is -2.87. The molecule has 0 spiro atoms. The number of hydrogen-bond donors (Lipinski definition) is 0. The van der Waals surface area contributed by atoms with Crippen LogP contribution in [0, 0.1) is 0 Å². The maximum Gasteiger partial charge on any atom is 0.262 e. The molecule has 0 aliphatic carbocycles. The molecule has 1 aromatic carbocycles. The van der Waals surface area contributed by atoms with E-state index in [0.717, 1.165) is 28.1 Å². The number of carbonyl (C=O) groups is 1. The lowest BCUT2D eigenvalue weighted by molar-refractivity contribution is -0.131. The van der Waals surface area contributed by atoms with Crippen LogP contribution in [0.2, 0.25) is 0 Å². The molecule has 8 heteroatoms. The molecule has 2 aromatic rings. The molecular weight excluding hydrogens is 364 g/mol. The highest BCUT2D eigenvalue weighted by Crippen LogP contribution is 2.29. The number of benzene rings is 1. The Morgan fingerprint density at radius 3 is 2.93 bits per heavy atom. The van der Waals surface area contributed by atoms with Crippen LogP contribution in [0.3, 0.4) is 0 Å². The highest BCUT2D eigenvalue weighted by atomic mass is 32.1. The first-order valence-corrected chi connectivity index (χ1v) is 9.41. The Bertz CT molecular complexity index is 921. The number of hydrazone groups is 1. The van der Waals surface area contributed by atoms with Gasteiger partial charge >= 0.3 is 0 Å². The maximum atomic E-state index is 12.6. The maximum absolute atomic E-state index is 12.6. The second-order valence-corrected chi connectivity index (χ2v) is 7.15. The van der Waals surface area contributed by atoms with Gasteiger partial charge in [-0.25, -0.2) is 9.38 Å². The van der Waals surface area contributed by atoms with Crippen LogP contribution in [-0.4, -0.2) is 53.2 Å². The minimum Gasteiger partial charge on any atom is -0.493 e. The molecule has 0 N–H and O–H groups in total. The third kappa shape index (κ3) is 3.52. The molecule has 0 saturated heterocycles. The molecule has 4 rings (SSSR count). The summed E-state index contributed by atoms with van der Waals surface area (Å²) < 4.78 is 14.8. The lowest BCUT2D eigenvalue weighted by Gasteiger charge is -2.24. The van der Waals surface area contributed by atoms with Gasteiger partial charge in [-0.05, 0) is 35.8 Å². The van der Waals surface area contributed by atoms with E-state index < -0.39 is 0 Å². The number of carbonyl (C=O) groups excluding carboxylic acids is 1. The normalized spacial score (nSPS) is 15.6. The highest BCUT2D eigenvalue weighted by molar-refractivity contribution is 7.06. The fourth-order valence-electron chi connectivity index (χ4n) is 3.19. The van der Waals surface area contributed by atoms with Gasteiger partial charge in [0.05, 0.1) is 37.9 Å². The molecule has 1 amide bonds. The number of nitrogens with zero attached hydrogens (tertiary/aromatic N) is 4. The highest BCUT2D eigenvalue weighted by Gasteiger charge is 2.24. The van der Waals surface area contributed by atoms with Crippen LogP contribution in [-0.2, 0) is 11.3 Å². The van der Waals surface area contributed by atoms with Gasteiger partial charge in [-0.1, -0.05) is 0 Å². The van der Waals surface area contributed by atoms with Gasteiger partial charge in [0.25, 0.3) is 5.91 Å². The summed E-state index contributed by atoms with van der Waals surface area (Å²) in [4.78, 5) is 15.8. The summed E-state index contributed by atoms with van der Waals surface area (Å²) in [7, 11) is 3.21. The average Bonchev–Trinajstić information content (AvgIpc) is 3.36. The number of amides is 1. The zero-order chi connectivity index (χ0) is 18.8. The molecule has 27 heavy (non-hydrogen) atoms. The number of hydrogen-bond acceptors (Lipinski definition) is 7. The van der Waals surface area contributed by atoms with E-state index in [1.807, 2.05) is 41.6 Å². The Morgan fingerprint density at radius 2 is 2.11 bits per heavy atom. The van der Waals surface area contributed by atoms with E-state index in [1.54, 1.807) is 19.2 Å².